The summed E-state index contributed by atoms with van der Waals surface area (Å²) in [4.78, 5) is 28.5. The van der Waals surface area contributed by atoms with E-state index in [1.165, 1.54) is 6.07 Å². The highest BCUT2D eigenvalue weighted by Gasteiger charge is 2.31. The van der Waals surface area contributed by atoms with Crippen LogP contribution in [-0.2, 0) is 12.7 Å². The topological polar surface area (TPSA) is 121 Å². The summed E-state index contributed by atoms with van der Waals surface area (Å²) < 4.78 is 48.2. The lowest BCUT2D eigenvalue weighted by molar-refractivity contribution is -0.137. The lowest BCUT2D eigenvalue weighted by atomic mass is 10.1. The van der Waals surface area contributed by atoms with E-state index < -0.39 is 17.8 Å². The number of carbonyl (C=O) groups excluding carboxylic acids is 1. The van der Waals surface area contributed by atoms with Gasteiger partial charge in [0.05, 0.1) is 16.9 Å². The Morgan fingerprint density at radius 3 is 2.63 bits per heavy atom. The number of imidazole rings is 1. The minimum absolute atomic E-state index is 0.0825. The molecule has 1 aliphatic heterocycles. The van der Waals surface area contributed by atoms with Crippen molar-refractivity contribution >= 4 is 28.9 Å². The number of pyridine rings is 1. The summed E-state index contributed by atoms with van der Waals surface area (Å²) in [5.41, 5.74) is 2.44. The Balaban J connectivity index is 1.17. The number of alkyl halides is 3. The summed E-state index contributed by atoms with van der Waals surface area (Å²) in [5.74, 6) is 0.723. The van der Waals surface area contributed by atoms with Crippen LogP contribution in [0.3, 0.4) is 0 Å². The van der Waals surface area contributed by atoms with E-state index in [1.807, 2.05) is 35.0 Å². The van der Waals surface area contributed by atoms with Gasteiger partial charge in [0.1, 0.15) is 12.4 Å². The van der Waals surface area contributed by atoms with E-state index in [2.05, 4.69) is 36.1 Å². The number of carbonyl (C=O) groups is 1. The Bertz CT molecular complexity index is 1790. The van der Waals surface area contributed by atoms with Crippen LogP contribution in [0.5, 0.6) is 5.75 Å². The molecule has 5 aromatic rings. The smallest absolute Gasteiger partial charge is 0.416 e. The number of ether oxygens (including phenoxy) is 1. The highest BCUT2D eigenvalue weighted by Crippen LogP contribution is 2.35. The molecule has 6 rings (SSSR count). The summed E-state index contributed by atoms with van der Waals surface area (Å²) in [5, 5.41) is 11.9. The molecule has 4 N–H and O–H groups in total. The maximum atomic E-state index is 13.5. The molecule has 2 aromatic carbocycles. The SMILES string of the molecule is O=C(Nc1cccc(-c2cn3ccnc3c(NCc3ccncc3)n2)c1)Nc1cc(C(F)(F)F)ccc1OCCN1CCNCC1. The Labute approximate surface area is 262 Å². The third kappa shape index (κ3) is 7.71. The van der Waals surface area contributed by atoms with Gasteiger partial charge in [0.25, 0.3) is 0 Å². The second-order valence-electron chi connectivity index (χ2n) is 10.7. The molecule has 3 aromatic heterocycles. The van der Waals surface area contributed by atoms with Crippen molar-refractivity contribution < 1.29 is 22.7 Å². The third-order valence-electron chi connectivity index (χ3n) is 7.43. The van der Waals surface area contributed by atoms with Gasteiger partial charge in [0, 0.05) is 81.5 Å². The molecule has 0 aliphatic carbocycles. The van der Waals surface area contributed by atoms with E-state index >= 15 is 0 Å². The Morgan fingerprint density at radius 2 is 1.83 bits per heavy atom. The van der Waals surface area contributed by atoms with Crippen molar-refractivity contribution in [2.24, 2.45) is 0 Å². The van der Waals surface area contributed by atoms with Crippen molar-refractivity contribution in [3.05, 3.63) is 96.7 Å². The van der Waals surface area contributed by atoms with Gasteiger partial charge in [-0.05, 0) is 48.0 Å². The second-order valence-corrected chi connectivity index (χ2v) is 10.7. The van der Waals surface area contributed by atoms with Crippen molar-refractivity contribution in [3.8, 4) is 17.0 Å². The van der Waals surface area contributed by atoms with Gasteiger partial charge in [-0.1, -0.05) is 12.1 Å². The quantitative estimate of drug-likeness (QED) is 0.163. The van der Waals surface area contributed by atoms with Crippen molar-refractivity contribution in [2.45, 2.75) is 12.7 Å². The number of nitrogens with zero attached hydrogens (tertiary/aromatic N) is 5. The Kier molecular flexibility index (Phi) is 9.26. The number of hydrogen-bond donors (Lipinski definition) is 4. The molecule has 14 heteroatoms. The van der Waals surface area contributed by atoms with E-state index in [0.29, 0.717) is 41.5 Å². The van der Waals surface area contributed by atoms with Gasteiger partial charge in [-0.25, -0.2) is 14.8 Å². The van der Waals surface area contributed by atoms with Gasteiger partial charge in [0.15, 0.2) is 11.5 Å². The number of urea groups is 1. The fourth-order valence-electron chi connectivity index (χ4n) is 5.07. The molecule has 2 amide bonds. The zero-order chi connectivity index (χ0) is 31.9. The number of rotatable bonds is 10. The van der Waals surface area contributed by atoms with E-state index in [-0.39, 0.29) is 18.0 Å². The highest BCUT2D eigenvalue weighted by atomic mass is 19.4. The second kappa shape index (κ2) is 13.8. The number of aromatic nitrogens is 4. The van der Waals surface area contributed by atoms with Gasteiger partial charge in [0.2, 0.25) is 0 Å². The highest BCUT2D eigenvalue weighted by molar-refractivity contribution is 6.01. The average Bonchev–Trinajstić information content (AvgIpc) is 3.54. The number of anilines is 3. The number of fused-ring (bicyclic) bond motifs is 1. The Morgan fingerprint density at radius 1 is 1.00 bits per heavy atom. The maximum absolute atomic E-state index is 13.5. The first kappa shape index (κ1) is 30.8. The molecule has 238 valence electrons. The lowest BCUT2D eigenvalue weighted by Gasteiger charge is -2.27. The summed E-state index contributed by atoms with van der Waals surface area (Å²) in [7, 11) is 0. The summed E-state index contributed by atoms with van der Waals surface area (Å²) in [6.07, 6.45) is 4.16. The summed E-state index contributed by atoms with van der Waals surface area (Å²) >= 11 is 0. The maximum Gasteiger partial charge on any atom is 0.416 e. The van der Waals surface area contributed by atoms with Crippen molar-refractivity contribution in [3.63, 3.8) is 0 Å². The van der Waals surface area contributed by atoms with Crippen LogP contribution in [0.2, 0.25) is 0 Å². The fraction of sp³-hybridized carbons (Fsp3) is 0.250. The van der Waals surface area contributed by atoms with Gasteiger partial charge in [-0.2, -0.15) is 13.2 Å². The number of hydrogen-bond acceptors (Lipinski definition) is 8. The van der Waals surface area contributed by atoms with Crippen LogP contribution in [0.15, 0.2) is 85.6 Å². The minimum atomic E-state index is -4.59. The predicted octanol–water partition coefficient (Wildman–Crippen LogP) is 5.35. The van der Waals surface area contributed by atoms with E-state index in [1.54, 1.807) is 36.8 Å². The molecule has 11 nitrogen and oxygen atoms in total. The number of benzene rings is 2. The molecular weight excluding hydrogens is 599 g/mol. The van der Waals surface area contributed by atoms with Crippen molar-refractivity contribution in [1.29, 1.82) is 0 Å². The summed E-state index contributed by atoms with van der Waals surface area (Å²) in [6, 6.07) is 13.1. The van der Waals surface area contributed by atoms with Crippen LogP contribution in [-0.4, -0.2) is 69.6 Å². The third-order valence-corrected chi connectivity index (χ3v) is 7.43. The molecule has 0 unspecified atom stereocenters. The molecule has 4 heterocycles. The van der Waals surface area contributed by atoms with E-state index in [9.17, 15) is 18.0 Å². The molecular formula is C32H32F3N9O2. The first-order valence-corrected chi connectivity index (χ1v) is 14.7. The van der Waals surface area contributed by atoms with Crippen molar-refractivity contribution in [2.75, 3.05) is 55.3 Å². The number of halogens is 3. The molecule has 46 heavy (non-hydrogen) atoms. The van der Waals surface area contributed by atoms with Gasteiger partial charge >= 0.3 is 12.2 Å². The van der Waals surface area contributed by atoms with Crippen LogP contribution in [0, 0.1) is 0 Å². The molecule has 0 radical (unpaired) electrons. The zero-order valence-corrected chi connectivity index (χ0v) is 24.7. The average molecular weight is 632 g/mol. The standard InChI is InChI=1S/C32H32F3N9O2/c33-32(34,35)24-4-5-28(46-17-16-43-13-10-37-11-14-43)26(19-24)42-31(45)40-25-3-1-2-23(18-25)27-21-44-15-12-38-30(44)29(41-27)39-20-22-6-8-36-9-7-22/h1-9,12,15,18-19,21,37H,10-11,13-14,16-17,20H2,(H,39,41)(H2,40,42,45). The van der Waals surface area contributed by atoms with Crippen molar-refractivity contribution in [1.82, 2.24) is 29.6 Å². The molecule has 1 fully saturated rings. The fourth-order valence-corrected chi connectivity index (χ4v) is 5.07. The largest absolute Gasteiger partial charge is 0.490 e. The first-order chi connectivity index (χ1) is 22.3. The van der Waals surface area contributed by atoms with Crippen LogP contribution in [0.1, 0.15) is 11.1 Å². The number of piperazine rings is 1. The molecule has 1 saturated heterocycles. The normalized spacial score (nSPS) is 13.8. The molecule has 0 spiro atoms. The van der Waals surface area contributed by atoms with Crippen LogP contribution < -0.4 is 26.0 Å². The van der Waals surface area contributed by atoms with Gasteiger partial charge in [-0.3, -0.25) is 9.88 Å². The van der Waals surface area contributed by atoms with E-state index in [0.717, 1.165) is 43.9 Å². The molecule has 1 aliphatic rings. The predicted molar refractivity (Wildman–Crippen MR) is 169 cm³/mol. The van der Waals surface area contributed by atoms with Crippen LogP contribution >= 0.6 is 0 Å². The van der Waals surface area contributed by atoms with Gasteiger partial charge < -0.3 is 30.4 Å². The Hall–Kier alpha value is -5.21. The van der Waals surface area contributed by atoms with Crippen LogP contribution in [0.4, 0.5) is 35.2 Å². The van der Waals surface area contributed by atoms with Gasteiger partial charge in [-0.15, -0.1) is 0 Å². The lowest BCUT2D eigenvalue weighted by Crippen LogP contribution is -2.44. The zero-order valence-electron chi connectivity index (χ0n) is 24.7. The number of nitrogens with one attached hydrogen (secondary N) is 4. The molecule has 0 bridgehead atoms. The monoisotopic (exact) mass is 631 g/mol. The first-order valence-electron chi connectivity index (χ1n) is 14.7. The summed E-state index contributed by atoms with van der Waals surface area (Å²) in [6.45, 7) is 4.84. The van der Waals surface area contributed by atoms with E-state index in [4.69, 9.17) is 9.72 Å². The van der Waals surface area contributed by atoms with Crippen LogP contribution in [0.25, 0.3) is 16.9 Å². The number of amides is 2. The minimum Gasteiger partial charge on any atom is -0.490 e. The molecule has 0 saturated carbocycles. The molecule has 0 atom stereocenters.